The van der Waals surface area contributed by atoms with E-state index in [1.807, 2.05) is 66.7 Å². The topological polar surface area (TPSA) is 83.1 Å². The van der Waals surface area contributed by atoms with Gasteiger partial charge in [-0.2, -0.15) is 0 Å². The number of esters is 1. The Morgan fingerprint density at radius 3 is 2.29 bits per heavy atom. The predicted molar refractivity (Wildman–Crippen MR) is 156 cm³/mol. The molecular formula is C34H35NO6. The third-order valence-corrected chi connectivity index (χ3v) is 7.93. The number of carbonyl (C=O) groups excluding carboxylic acids is 2. The van der Waals surface area contributed by atoms with Gasteiger partial charge in [0.2, 0.25) is 0 Å². The van der Waals surface area contributed by atoms with Crippen molar-refractivity contribution >= 4 is 11.8 Å². The van der Waals surface area contributed by atoms with Gasteiger partial charge >= 0.3 is 5.97 Å². The minimum Gasteiger partial charge on any atom is -0.497 e. The van der Waals surface area contributed by atoms with E-state index in [4.69, 9.17) is 18.9 Å². The van der Waals surface area contributed by atoms with Crippen LogP contribution >= 0.6 is 0 Å². The van der Waals surface area contributed by atoms with Gasteiger partial charge in [-0.1, -0.05) is 55.1 Å². The Labute approximate surface area is 240 Å². The van der Waals surface area contributed by atoms with Crippen molar-refractivity contribution in [2.24, 2.45) is 5.92 Å². The highest BCUT2D eigenvalue weighted by molar-refractivity contribution is 6.01. The highest BCUT2D eigenvalue weighted by atomic mass is 16.5. The minimum atomic E-state index is -0.812. The molecule has 0 saturated heterocycles. The molecule has 0 aromatic heterocycles. The van der Waals surface area contributed by atoms with Crippen LogP contribution < -0.4 is 19.5 Å². The van der Waals surface area contributed by atoms with Gasteiger partial charge in [-0.15, -0.1) is 0 Å². The quantitative estimate of drug-likeness (QED) is 0.340. The molecule has 1 aliphatic carbocycles. The maximum absolute atomic E-state index is 13.9. The van der Waals surface area contributed by atoms with Gasteiger partial charge in [0.1, 0.15) is 23.2 Å². The summed E-state index contributed by atoms with van der Waals surface area (Å²) in [6.45, 7) is 4.47. The highest BCUT2D eigenvalue weighted by Gasteiger charge is 2.46. The first-order valence-electron chi connectivity index (χ1n) is 13.7. The van der Waals surface area contributed by atoms with E-state index in [0.29, 0.717) is 47.6 Å². The number of ether oxygens (including phenoxy) is 4. The number of rotatable bonds is 9. The fourth-order valence-corrected chi connectivity index (χ4v) is 5.85. The lowest BCUT2D eigenvalue weighted by Gasteiger charge is -2.40. The van der Waals surface area contributed by atoms with Crippen LogP contribution in [0.5, 0.6) is 17.2 Å². The number of methoxy groups -OCH3 is 3. The molecular weight excluding hydrogens is 518 g/mol. The van der Waals surface area contributed by atoms with Crippen molar-refractivity contribution in [1.82, 2.24) is 5.32 Å². The van der Waals surface area contributed by atoms with Gasteiger partial charge in [0.15, 0.2) is 5.78 Å². The van der Waals surface area contributed by atoms with Gasteiger partial charge in [-0.25, -0.2) is 0 Å². The van der Waals surface area contributed by atoms with Crippen molar-refractivity contribution in [3.8, 4) is 17.2 Å². The molecule has 7 heteroatoms. The summed E-state index contributed by atoms with van der Waals surface area (Å²) in [6, 6.07) is 23.1. The Bertz CT molecular complexity index is 1460. The van der Waals surface area contributed by atoms with E-state index in [0.717, 1.165) is 22.6 Å². The molecule has 3 atom stereocenters. The number of benzene rings is 3. The second-order valence-corrected chi connectivity index (χ2v) is 10.3. The fourth-order valence-electron chi connectivity index (χ4n) is 5.85. The van der Waals surface area contributed by atoms with E-state index in [9.17, 15) is 9.59 Å². The maximum Gasteiger partial charge on any atom is 0.315 e. The van der Waals surface area contributed by atoms with E-state index in [2.05, 4.69) is 11.9 Å². The normalized spacial score (nSPS) is 20.1. The van der Waals surface area contributed by atoms with Crippen LogP contribution in [-0.2, 0) is 20.7 Å². The van der Waals surface area contributed by atoms with Crippen LogP contribution in [-0.4, -0.2) is 39.7 Å². The molecule has 3 unspecified atom stereocenters. The number of Topliss-reactive ketones (excluding diaryl/α,β-unsaturated/α-hetero) is 1. The van der Waals surface area contributed by atoms with Crippen LogP contribution in [0.4, 0.5) is 0 Å². The molecule has 0 amide bonds. The molecule has 2 aliphatic rings. The highest BCUT2D eigenvalue weighted by Crippen LogP contribution is 2.49. The average molecular weight is 554 g/mol. The number of carbonyl (C=O) groups is 2. The van der Waals surface area contributed by atoms with Crippen LogP contribution in [0.3, 0.4) is 0 Å². The molecule has 0 spiro atoms. The zero-order chi connectivity index (χ0) is 28.9. The molecule has 0 bridgehead atoms. The zero-order valence-electron chi connectivity index (χ0n) is 23.6. The van der Waals surface area contributed by atoms with Gasteiger partial charge in [0.25, 0.3) is 0 Å². The summed E-state index contributed by atoms with van der Waals surface area (Å²) >= 11 is 0. The number of allylic oxidation sites excluding steroid dienone is 2. The monoisotopic (exact) mass is 553 g/mol. The molecule has 0 saturated carbocycles. The standard InChI is InChI=1S/C34H35NO6/c1-21-31(34(37)41-17-16-22-8-6-5-7-9-22)32(27-15-14-26(39-3)20-30(27)40-4)33-28(35-21)18-24(19-29(33)36)23-10-12-25(38-2)13-11-23/h5-15,20,24,31-32,35H,1,16-19H2,2-4H3. The Hall–Kier alpha value is -4.52. The summed E-state index contributed by atoms with van der Waals surface area (Å²) in [7, 11) is 4.78. The van der Waals surface area contributed by atoms with Gasteiger partial charge in [-0.3, -0.25) is 9.59 Å². The molecule has 0 radical (unpaired) electrons. The van der Waals surface area contributed by atoms with E-state index in [1.54, 1.807) is 27.4 Å². The van der Waals surface area contributed by atoms with Crippen LogP contribution in [0.15, 0.2) is 96.3 Å². The lowest BCUT2D eigenvalue weighted by atomic mass is 9.69. The van der Waals surface area contributed by atoms with Crippen molar-refractivity contribution in [2.45, 2.75) is 31.1 Å². The van der Waals surface area contributed by atoms with E-state index >= 15 is 0 Å². The summed E-state index contributed by atoms with van der Waals surface area (Å²) in [5, 5.41) is 3.34. The number of ketones is 1. The van der Waals surface area contributed by atoms with Crippen molar-refractivity contribution in [3.63, 3.8) is 0 Å². The van der Waals surface area contributed by atoms with Crippen molar-refractivity contribution < 1.29 is 28.5 Å². The molecule has 1 N–H and O–H groups in total. The third-order valence-electron chi connectivity index (χ3n) is 7.93. The Balaban J connectivity index is 1.50. The second-order valence-electron chi connectivity index (χ2n) is 10.3. The smallest absolute Gasteiger partial charge is 0.315 e. The first-order valence-corrected chi connectivity index (χ1v) is 13.7. The second kappa shape index (κ2) is 12.3. The van der Waals surface area contributed by atoms with Gasteiger partial charge in [0, 0.05) is 47.4 Å². The van der Waals surface area contributed by atoms with Crippen LogP contribution in [0, 0.1) is 5.92 Å². The Morgan fingerprint density at radius 2 is 1.61 bits per heavy atom. The molecule has 3 aromatic rings. The van der Waals surface area contributed by atoms with Crippen LogP contribution in [0.25, 0.3) is 0 Å². The van der Waals surface area contributed by atoms with Crippen molar-refractivity contribution in [3.05, 3.63) is 113 Å². The summed E-state index contributed by atoms with van der Waals surface area (Å²) < 4.78 is 22.3. The molecule has 0 fully saturated rings. The minimum absolute atomic E-state index is 0.0137. The lowest BCUT2D eigenvalue weighted by molar-refractivity contribution is -0.147. The summed E-state index contributed by atoms with van der Waals surface area (Å²) in [5.41, 5.74) is 4.70. The third kappa shape index (κ3) is 5.85. The number of hydrogen-bond donors (Lipinski definition) is 1. The van der Waals surface area contributed by atoms with E-state index in [1.165, 1.54) is 0 Å². The lowest BCUT2D eigenvalue weighted by Crippen LogP contribution is -2.42. The predicted octanol–water partition coefficient (Wildman–Crippen LogP) is 5.72. The molecule has 3 aromatic carbocycles. The number of nitrogens with one attached hydrogen (secondary N) is 1. The molecule has 212 valence electrons. The summed E-state index contributed by atoms with van der Waals surface area (Å²) in [5.74, 6) is 0.0176. The van der Waals surface area contributed by atoms with Gasteiger partial charge < -0.3 is 24.3 Å². The largest absolute Gasteiger partial charge is 0.497 e. The number of hydrogen-bond acceptors (Lipinski definition) is 7. The van der Waals surface area contributed by atoms with Gasteiger partial charge in [-0.05, 0) is 41.7 Å². The zero-order valence-corrected chi connectivity index (χ0v) is 23.6. The van der Waals surface area contributed by atoms with Crippen molar-refractivity contribution in [1.29, 1.82) is 0 Å². The van der Waals surface area contributed by atoms with Crippen LogP contribution in [0.1, 0.15) is 41.4 Å². The molecule has 1 heterocycles. The molecule has 41 heavy (non-hydrogen) atoms. The summed E-state index contributed by atoms with van der Waals surface area (Å²) in [4.78, 5) is 27.6. The Morgan fingerprint density at radius 1 is 0.902 bits per heavy atom. The summed E-state index contributed by atoms with van der Waals surface area (Å²) in [6.07, 6.45) is 1.52. The average Bonchev–Trinajstić information content (AvgIpc) is 3.00. The first-order chi connectivity index (χ1) is 19.9. The van der Waals surface area contributed by atoms with E-state index in [-0.39, 0.29) is 18.3 Å². The van der Waals surface area contributed by atoms with Gasteiger partial charge in [0.05, 0.1) is 27.9 Å². The molecule has 7 nitrogen and oxygen atoms in total. The SMILES string of the molecule is C=C1NC2=C(C(=O)CC(c3ccc(OC)cc3)C2)C(c2ccc(OC)cc2OC)C1C(=O)OCCc1ccccc1. The Kier molecular flexibility index (Phi) is 8.43. The van der Waals surface area contributed by atoms with Crippen LogP contribution in [0.2, 0.25) is 0 Å². The molecule has 5 rings (SSSR count). The first kappa shape index (κ1) is 28.0. The fraction of sp³-hybridized carbons (Fsp3) is 0.294. The molecule has 1 aliphatic heterocycles. The van der Waals surface area contributed by atoms with Crippen molar-refractivity contribution in [2.75, 3.05) is 27.9 Å². The van der Waals surface area contributed by atoms with E-state index < -0.39 is 17.8 Å². The maximum atomic E-state index is 13.9.